The Bertz CT molecular complexity index is 845. The molecular weight excluding hydrogens is 394 g/mol. The van der Waals surface area contributed by atoms with Crippen molar-refractivity contribution in [2.45, 2.75) is 96.7 Å². The Kier molecular flexibility index (Phi) is 5.85. The summed E-state index contributed by atoms with van der Waals surface area (Å²) in [4.78, 5) is 4.51. The SMILES string of the molecule is Cc1ncccc1CCC(C)C1CCC2C3CC=C4CC(C)CCC4(S)C3CCC12C. The van der Waals surface area contributed by atoms with Gasteiger partial charge in [-0.05, 0) is 124 Å². The number of aryl methyl sites for hydroxylation is 2. The minimum atomic E-state index is 0.221. The first-order chi connectivity index (χ1) is 14.8. The lowest BCUT2D eigenvalue weighted by Crippen LogP contribution is -2.52. The Morgan fingerprint density at radius 3 is 2.81 bits per heavy atom. The first-order valence-corrected chi connectivity index (χ1v) is 13.6. The summed E-state index contributed by atoms with van der Waals surface area (Å²) < 4.78 is 0.221. The molecule has 0 aromatic carbocycles. The Labute approximate surface area is 196 Å². The van der Waals surface area contributed by atoms with Gasteiger partial charge < -0.3 is 0 Å². The number of allylic oxidation sites excluding steroid dienone is 1. The van der Waals surface area contributed by atoms with E-state index in [1.54, 1.807) is 5.57 Å². The van der Waals surface area contributed by atoms with Crippen LogP contribution in [-0.4, -0.2) is 9.73 Å². The Balaban J connectivity index is 1.31. The molecule has 31 heavy (non-hydrogen) atoms. The quantitative estimate of drug-likeness (QED) is 0.374. The van der Waals surface area contributed by atoms with Crippen molar-refractivity contribution in [2.75, 3.05) is 0 Å². The van der Waals surface area contributed by atoms with E-state index in [1.165, 1.54) is 75.5 Å². The van der Waals surface area contributed by atoms with Gasteiger partial charge in [0.15, 0.2) is 0 Å². The molecule has 4 aliphatic carbocycles. The van der Waals surface area contributed by atoms with E-state index in [0.717, 1.165) is 35.5 Å². The summed E-state index contributed by atoms with van der Waals surface area (Å²) in [6.07, 6.45) is 18.2. The van der Waals surface area contributed by atoms with E-state index in [9.17, 15) is 0 Å². The smallest absolute Gasteiger partial charge is 0.0404 e. The summed E-state index contributed by atoms with van der Waals surface area (Å²) in [6.45, 7) is 9.84. The van der Waals surface area contributed by atoms with E-state index in [-0.39, 0.29) is 4.75 Å². The van der Waals surface area contributed by atoms with E-state index in [2.05, 4.69) is 50.9 Å². The molecule has 1 aromatic heterocycles. The zero-order valence-electron chi connectivity index (χ0n) is 20.2. The zero-order chi connectivity index (χ0) is 21.8. The fraction of sp³-hybridized carbons (Fsp3) is 0.759. The molecule has 3 fully saturated rings. The molecule has 8 atom stereocenters. The minimum absolute atomic E-state index is 0.221. The van der Waals surface area contributed by atoms with Gasteiger partial charge in [-0.3, -0.25) is 4.98 Å². The van der Waals surface area contributed by atoms with Crippen molar-refractivity contribution in [3.05, 3.63) is 41.2 Å². The molecule has 0 amide bonds. The maximum atomic E-state index is 5.47. The number of hydrogen-bond acceptors (Lipinski definition) is 2. The molecule has 0 saturated heterocycles. The lowest BCUT2D eigenvalue weighted by molar-refractivity contribution is -0.0188. The van der Waals surface area contributed by atoms with Gasteiger partial charge in [-0.25, -0.2) is 0 Å². The molecular formula is C29H43NS. The van der Waals surface area contributed by atoms with Crippen LogP contribution < -0.4 is 0 Å². The van der Waals surface area contributed by atoms with E-state index >= 15 is 0 Å². The summed E-state index contributed by atoms with van der Waals surface area (Å²) >= 11 is 5.47. The first-order valence-electron chi connectivity index (χ1n) is 13.2. The van der Waals surface area contributed by atoms with E-state index in [0.29, 0.717) is 5.41 Å². The van der Waals surface area contributed by atoms with Crippen molar-refractivity contribution in [1.29, 1.82) is 0 Å². The van der Waals surface area contributed by atoms with Crippen molar-refractivity contribution in [1.82, 2.24) is 4.98 Å². The van der Waals surface area contributed by atoms with Crippen molar-refractivity contribution in [2.24, 2.45) is 40.9 Å². The van der Waals surface area contributed by atoms with Crippen molar-refractivity contribution in [3.8, 4) is 0 Å². The van der Waals surface area contributed by atoms with Gasteiger partial charge in [0.05, 0.1) is 0 Å². The lowest BCUT2D eigenvalue weighted by Gasteiger charge is -2.58. The monoisotopic (exact) mass is 437 g/mol. The third-order valence-corrected chi connectivity index (χ3v) is 11.4. The molecule has 2 heteroatoms. The van der Waals surface area contributed by atoms with Crippen LogP contribution in [0.2, 0.25) is 0 Å². The van der Waals surface area contributed by atoms with Crippen LogP contribution in [0.25, 0.3) is 0 Å². The number of rotatable bonds is 4. The molecule has 1 nitrogen and oxygen atoms in total. The maximum absolute atomic E-state index is 5.47. The normalized spacial score (nSPS) is 42.9. The molecule has 0 radical (unpaired) electrons. The number of hydrogen-bond donors (Lipinski definition) is 1. The fourth-order valence-corrected chi connectivity index (χ4v) is 9.43. The summed E-state index contributed by atoms with van der Waals surface area (Å²) in [5, 5.41) is 0. The molecule has 5 rings (SSSR count). The van der Waals surface area contributed by atoms with Crippen LogP contribution in [-0.2, 0) is 6.42 Å². The number of aromatic nitrogens is 1. The summed E-state index contributed by atoms with van der Waals surface area (Å²) in [6, 6.07) is 4.38. The number of nitrogens with zero attached hydrogens (tertiary/aromatic N) is 1. The van der Waals surface area contributed by atoms with Crippen molar-refractivity contribution >= 4 is 12.6 Å². The highest BCUT2D eigenvalue weighted by molar-refractivity contribution is 7.82. The maximum Gasteiger partial charge on any atom is 0.0404 e. The zero-order valence-corrected chi connectivity index (χ0v) is 21.1. The third kappa shape index (κ3) is 3.64. The van der Waals surface area contributed by atoms with Crippen LogP contribution >= 0.6 is 12.6 Å². The van der Waals surface area contributed by atoms with Crippen LogP contribution in [0.1, 0.15) is 89.8 Å². The molecule has 1 aromatic rings. The van der Waals surface area contributed by atoms with Gasteiger partial charge in [-0.1, -0.05) is 38.5 Å². The largest absolute Gasteiger partial charge is 0.261 e. The predicted molar refractivity (Wildman–Crippen MR) is 134 cm³/mol. The number of thiol groups is 1. The summed E-state index contributed by atoms with van der Waals surface area (Å²) in [7, 11) is 0. The van der Waals surface area contributed by atoms with Crippen molar-refractivity contribution < 1.29 is 0 Å². The van der Waals surface area contributed by atoms with Gasteiger partial charge in [-0.2, -0.15) is 12.6 Å². The van der Waals surface area contributed by atoms with E-state index in [4.69, 9.17) is 12.6 Å². The van der Waals surface area contributed by atoms with Gasteiger partial charge in [0.25, 0.3) is 0 Å². The van der Waals surface area contributed by atoms with E-state index in [1.807, 2.05) is 6.20 Å². The van der Waals surface area contributed by atoms with Crippen LogP contribution in [0.5, 0.6) is 0 Å². The molecule has 0 N–H and O–H groups in total. The van der Waals surface area contributed by atoms with Crippen LogP contribution in [0.3, 0.4) is 0 Å². The topological polar surface area (TPSA) is 12.9 Å². The average Bonchev–Trinajstić information content (AvgIpc) is 3.11. The molecule has 0 aliphatic heterocycles. The second-order valence-electron chi connectivity index (χ2n) is 12.1. The Hall–Kier alpha value is -0.760. The predicted octanol–water partition coefficient (Wildman–Crippen LogP) is 7.84. The lowest BCUT2D eigenvalue weighted by atomic mass is 9.50. The van der Waals surface area contributed by atoms with Crippen LogP contribution in [0, 0.1) is 47.8 Å². The Morgan fingerprint density at radius 2 is 2.00 bits per heavy atom. The van der Waals surface area contributed by atoms with Crippen LogP contribution in [0.15, 0.2) is 30.0 Å². The van der Waals surface area contributed by atoms with Gasteiger partial charge >= 0.3 is 0 Å². The molecule has 0 spiro atoms. The van der Waals surface area contributed by atoms with Gasteiger partial charge in [-0.15, -0.1) is 0 Å². The average molecular weight is 438 g/mol. The second kappa shape index (κ2) is 8.23. The number of fused-ring (bicyclic) bond motifs is 5. The summed E-state index contributed by atoms with van der Waals surface area (Å²) in [5.41, 5.74) is 4.93. The highest BCUT2D eigenvalue weighted by Gasteiger charge is 2.59. The van der Waals surface area contributed by atoms with Gasteiger partial charge in [0.2, 0.25) is 0 Å². The number of pyridine rings is 1. The fourth-order valence-electron chi connectivity index (χ4n) is 8.79. The standard InChI is InChI=1S/C29H43NS/c1-19-13-16-29(31)23(18-19)9-10-24-26-12-11-25(28(26,4)15-14-27(24)29)20(2)7-8-22-6-5-17-30-21(22)3/h5-6,9,17,19-20,24-27,31H,7-8,10-16,18H2,1-4H3. The molecule has 1 heterocycles. The molecule has 0 bridgehead atoms. The van der Waals surface area contributed by atoms with Gasteiger partial charge in [0, 0.05) is 16.6 Å². The van der Waals surface area contributed by atoms with Gasteiger partial charge in [0.1, 0.15) is 0 Å². The van der Waals surface area contributed by atoms with Crippen LogP contribution in [0.4, 0.5) is 0 Å². The molecule has 170 valence electrons. The first kappa shape index (κ1) is 22.1. The molecule has 8 unspecified atom stereocenters. The molecule has 3 saturated carbocycles. The highest BCUT2D eigenvalue weighted by Crippen LogP contribution is 2.66. The summed E-state index contributed by atoms with van der Waals surface area (Å²) in [5.74, 6) is 5.18. The minimum Gasteiger partial charge on any atom is -0.261 e. The Morgan fingerprint density at radius 1 is 1.16 bits per heavy atom. The highest BCUT2D eigenvalue weighted by atomic mass is 32.1. The van der Waals surface area contributed by atoms with Crippen molar-refractivity contribution in [3.63, 3.8) is 0 Å². The third-order valence-electron chi connectivity index (χ3n) is 10.6. The molecule has 4 aliphatic rings. The second-order valence-corrected chi connectivity index (χ2v) is 12.9. The van der Waals surface area contributed by atoms with E-state index < -0.39 is 0 Å².